The summed E-state index contributed by atoms with van der Waals surface area (Å²) in [5.74, 6) is 0.878. The monoisotopic (exact) mass is 284 g/mol. The predicted molar refractivity (Wildman–Crippen MR) is 89.3 cm³/mol. The van der Waals surface area contributed by atoms with Crippen LogP contribution in [-0.2, 0) is 0 Å². The fourth-order valence-electron chi connectivity index (χ4n) is 4.09. The van der Waals surface area contributed by atoms with Crippen LogP contribution in [0.4, 0.5) is 0 Å². The number of hydrogen-bond donors (Lipinski definition) is 1. The third-order valence-electron chi connectivity index (χ3n) is 5.22. The van der Waals surface area contributed by atoms with Crippen LogP contribution in [-0.4, -0.2) is 30.6 Å². The van der Waals surface area contributed by atoms with Gasteiger partial charge in [0.05, 0.1) is 0 Å². The van der Waals surface area contributed by atoms with E-state index < -0.39 is 0 Å². The van der Waals surface area contributed by atoms with Crippen LogP contribution in [0.5, 0.6) is 0 Å². The van der Waals surface area contributed by atoms with Gasteiger partial charge >= 0.3 is 0 Å². The molecule has 1 aromatic carbocycles. The molecule has 2 heteroatoms. The molecule has 21 heavy (non-hydrogen) atoms. The van der Waals surface area contributed by atoms with E-state index in [-0.39, 0.29) is 0 Å². The Morgan fingerprint density at radius 2 is 1.90 bits per heavy atom. The van der Waals surface area contributed by atoms with Crippen molar-refractivity contribution in [2.75, 3.05) is 19.6 Å². The fourth-order valence-corrected chi connectivity index (χ4v) is 4.09. The Balaban J connectivity index is 1.69. The first-order chi connectivity index (χ1) is 10.4. The van der Waals surface area contributed by atoms with Gasteiger partial charge in [0.15, 0.2) is 0 Å². The van der Waals surface area contributed by atoms with Crippen molar-refractivity contribution in [3.05, 3.63) is 48.6 Å². The number of rotatable bonds is 4. The van der Waals surface area contributed by atoms with Crippen LogP contribution in [0, 0.1) is 5.92 Å². The molecule has 2 fully saturated rings. The molecule has 1 saturated heterocycles. The quantitative estimate of drug-likeness (QED) is 0.847. The standard InChI is InChI=1S/C19H28N2/c1-2-13-21-15-18(16-9-5-3-6-10-16)20-14-19(21)17-11-7-4-8-12-17/h2-3,5-6,9-10,17-20H,1,4,7-8,11-15H2. The number of benzene rings is 1. The molecule has 0 aromatic heterocycles. The van der Waals surface area contributed by atoms with Gasteiger partial charge in [0, 0.05) is 31.7 Å². The number of nitrogens with zero attached hydrogens (tertiary/aromatic N) is 1. The summed E-state index contributed by atoms with van der Waals surface area (Å²) in [4.78, 5) is 2.66. The van der Waals surface area contributed by atoms with E-state index in [1.807, 2.05) is 0 Å². The zero-order chi connectivity index (χ0) is 14.5. The highest BCUT2D eigenvalue weighted by atomic mass is 15.2. The zero-order valence-corrected chi connectivity index (χ0v) is 13.0. The molecule has 1 heterocycles. The van der Waals surface area contributed by atoms with E-state index in [0.717, 1.165) is 25.6 Å². The van der Waals surface area contributed by atoms with Crippen molar-refractivity contribution in [3.63, 3.8) is 0 Å². The van der Waals surface area contributed by atoms with Gasteiger partial charge in [-0.1, -0.05) is 55.7 Å². The molecule has 1 N–H and O–H groups in total. The topological polar surface area (TPSA) is 15.3 Å². The first kappa shape index (κ1) is 14.8. The Labute approximate surface area is 129 Å². The van der Waals surface area contributed by atoms with Crippen molar-refractivity contribution >= 4 is 0 Å². The summed E-state index contributed by atoms with van der Waals surface area (Å²) in [5, 5.41) is 3.80. The van der Waals surface area contributed by atoms with E-state index in [4.69, 9.17) is 0 Å². The highest BCUT2D eigenvalue weighted by Crippen LogP contribution is 2.32. The van der Waals surface area contributed by atoms with Crippen molar-refractivity contribution in [2.24, 2.45) is 5.92 Å². The summed E-state index contributed by atoms with van der Waals surface area (Å²) >= 11 is 0. The minimum Gasteiger partial charge on any atom is -0.307 e. The zero-order valence-electron chi connectivity index (χ0n) is 13.0. The summed E-state index contributed by atoms with van der Waals surface area (Å²) in [6, 6.07) is 12.0. The van der Waals surface area contributed by atoms with Gasteiger partial charge in [-0.2, -0.15) is 0 Å². The summed E-state index contributed by atoms with van der Waals surface area (Å²) in [5.41, 5.74) is 1.41. The summed E-state index contributed by atoms with van der Waals surface area (Å²) in [6.45, 7) is 7.22. The number of nitrogens with one attached hydrogen (secondary N) is 1. The molecule has 1 aliphatic heterocycles. The molecule has 2 aliphatic rings. The maximum atomic E-state index is 3.97. The summed E-state index contributed by atoms with van der Waals surface area (Å²) in [6.07, 6.45) is 9.18. The fraction of sp³-hybridized carbons (Fsp3) is 0.579. The predicted octanol–water partition coefficient (Wildman–Crippen LogP) is 3.77. The van der Waals surface area contributed by atoms with Crippen molar-refractivity contribution in [2.45, 2.75) is 44.2 Å². The van der Waals surface area contributed by atoms with Crippen LogP contribution in [0.15, 0.2) is 43.0 Å². The van der Waals surface area contributed by atoms with Gasteiger partial charge in [0.25, 0.3) is 0 Å². The third-order valence-corrected chi connectivity index (χ3v) is 5.22. The Morgan fingerprint density at radius 3 is 2.62 bits per heavy atom. The van der Waals surface area contributed by atoms with Gasteiger partial charge in [-0.05, 0) is 24.3 Å². The van der Waals surface area contributed by atoms with Crippen LogP contribution in [0.25, 0.3) is 0 Å². The van der Waals surface area contributed by atoms with Crippen molar-refractivity contribution < 1.29 is 0 Å². The second-order valence-electron chi connectivity index (χ2n) is 6.58. The molecule has 1 aliphatic carbocycles. The average molecular weight is 284 g/mol. The lowest BCUT2D eigenvalue weighted by Gasteiger charge is -2.45. The number of hydrogen-bond acceptors (Lipinski definition) is 2. The summed E-state index contributed by atoms with van der Waals surface area (Å²) < 4.78 is 0. The van der Waals surface area contributed by atoms with E-state index in [9.17, 15) is 0 Å². The molecule has 2 nitrogen and oxygen atoms in total. The number of piperazine rings is 1. The lowest BCUT2D eigenvalue weighted by Crippen LogP contribution is -2.55. The van der Waals surface area contributed by atoms with E-state index >= 15 is 0 Å². The van der Waals surface area contributed by atoms with Gasteiger partial charge < -0.3 is 5.32 Å². The molecule has 0 bridgehead atoms. The normalized spacial score (nSPS) is 28.4. The Kier molecular flexibility index (Phi) is 5.10. The van der Waals surface area contributed by atoms with Crippen molar-refractivity contribution in [3.8, 4) is 0 Å². The molecular formula is C19H28N2. The Morgan fingerprint density at radius 1 is 1.14 bits per heavy atom. The smallest absolute Gasteiger partial charge is 0.0450 e. The highest BCUT2D eigenvalue weighted by Gasteiger charge is 2.33. The van der Waals surface area contributed by atoms with Gasteiger partial charge in [0.1, 0.15) is 0 Å². The van der Waals surface area contributed by atoms with E-state index in [2.05, 4.69) is 53.2 Å². The van der Waals surface area contributed by atoms with Gasteiger partial charge in [-0.15, -0.1) is 6.58 Å². The lowest BCUT2D eigenvalue weighted by molar-refractivity contribution is 0.0823. The first-order valence-electron chi connectivity index (χ1n) is 8.52. The van der Waals surface area contributed by atoms with E-state index in [1.54, 1.807) is 0 Å². The van der Waals surface area contributed by atoms with Gasteiger partial charge in [-0.3, -0.25) is 4.90 Å². The molecule has 1 aromatic rings. The maximum Gasteiger partial charge on any atom is 0.0450 e. The molecular weight excluding hydrogens is 256 g/mol. The summed E-state index contributed by atoms with van der Waals surface area (Å²) in [7, 11) is 0. The molecule has 3 rings (SSSR count). The van der Waals surface area contributed by atoms with Gasteiger partial charge in [-0.25, -0.2) is 0 Å². The minimum atomic E-state index is 0.464. The van der Waals surface area contributed by atoms with Crippen molar-refractivity contribution in [1.29, 1.82) is 0 Å². The molecule has 114 valence electrons. The van der Waals surface area contributed by atoms with Crippen LogP contribution in [0.2, 0.25) is 0 Å². The van der Waals surface area contributed by atoms with Crippen LogP contribution < -0.4 is 5.32 Å². The van der Waals surface area contributed by atoms with Crippen LogP contribution >= 0.6 is 0 Å². The molecule has 2 unspecified atom stereocenters. The Hall–Kier alpha value is -1.12. The molecule has 0 radical (unpaired) electrons. The van der Waals surface area contributed by atoms with Gasteiger partial charge in [0.2, 0.25) is 0 Å². The van der Waals surface area contributed by atoms with Crippen molar-refractivity contribution in [1.82, 2.24) is 10.2 Å². The van der Waals surface area contributed by atoms with E-state index in [1.165, 1.54) is 37.7 Å². The molecule has 0 amide bonds. The second kappa shape index (κ2) is 7.24. The van der Waals surface area contributed by atoms with E-state index in [0.29, 0.717) is 12.1 Å². The second-order valence-corrected chi connectivity index (χ2v) is 6.58. The molecule has 0 spiro atoms. The molecule has 1 saturated carbocycles. The third kappa shape index (κ3) is 3.56. The Bertz CT molecular complexity index is 436. The average Bonchev–Trinajstić information content (AvgIpc) is 2.57. The lowest BCUT2D eigenvalue weighted by atomic mass is 9.82. The highest BCUT2D eigenvalue weighted by molar-refractivity contribution is 5.20. The largest absolute Gasteiger partial charge is 0.307 e. The minimum absolute atomic E-state index is 0.464. The SMILES string of the molecule is C=CCN1CC(c2ccccc2)NCC1C1CCCCC1. The first-order valence-corrected chi connectivity index (χ1v) is 8.52. The molecule has 2 atom stereocenters. The van der Waals surface area contributed by atoms with Crippen LogP contribution in [0.3, 0.4) is 0 Å². The maximum absolute atomic E-state index is 3.97. The van der Waals surface area contributed by atoms with Crippen LogP contribution in [0.1, 0.15) is 43.7 Å².